The molecule has 29 heavy (non-hydrogen) atoms. The molecule has 2 N–H and O–H groups in total. The zero-order chi connectivity index (χ0) is 20.7. The fourth-order valence-electron chi connectivity index (χ4n) is 3.66. The Bertz CT molecular complexity index is 1030. The predicted molar refractivity (Wildman–Crippen MR) is 94.9 cm³/mol. The third-order valence-corrected chi connectivity index (χ3v) is 5.13. The number of hydrogen-bond donors (Lipinski definition) is 2. The molecule has 10 heteroatoms. The average Bonchev–Trinajstić information content (AvgIpc) is 3.10. The fourth-order valence-corrected chi connectivity index (χ4v) is 3.66. The van der Waals surface area contributed by atoms with Gasteiger partial charge in [0.25, 0.3) is 5.91 Å². The largest absolute Gasteiger partial charge is 0.503 e. The Morgan fingerprint density at radius 3 is 2.69 bits per heavy atom. The lowest BCUT2D eigenvalue weighted by molar-refractivity contribution is 0.00503. The van der Waals surface area contributed by atoms with Crippen molar-refractivity contribution in [2.45, 2.75) is 31.9 Å². The minimum Gasteiger partial charge on any atom is -0.503 e. The number of nitrogens with one attached hydrogen (secondary N) is 1. The SMILES string of the molecule is O=C1c2c(O)c(=O)c(CNCc3ccc(F)cc3F)cn2C[C@H]2OC[C@H](CF)N12. The number of benzene rings is 1. The molecule has 7 nitrogen and oxygen atoms in total. The van der Waals surface area contributed by atoms with Crippen LogP contribution < -0.4 is 10.7 Å². The van der Waals surface area contributed by atoms with Gasteiger partial charge in [0.1, 0.15) is 18.3 Å². The Morgan fingerprint density at radius 1 is 1.21 bits per heavy atom. The summed E-state index contributed by atoms with van der Waals surface area (Å²) in [4.78, 5) is 26.4. The van der Waals surface area contributed by atoms with Gasteiger partial charge < -0.3 is 24.6 Å². The van der Waals surface area contributed by atoms with Gasteiger partial charge in [-0.1, -0.05) is 6.07 Å². The van der Waals surface area contributed by atoms with Crippen LogP contribution in [0.1, 0.15) is 21.6 Å². The molecular formula is C19H18F3N3O4. The molecule has 0 aliphatic carbocycles. The minimum absolute atomic E-state index is 0.0139. The van der Waals surface area contributed by atoms with Gasteiger partial charge in [-0.15, -0.1) is 0 Å². The normalized spacial score (nSPS) is 20.7. The topological polar surface area (TPSA) is 83.8 Å². The highest BCUT2D eigenvalue weighted by atomic mass is 19.1. The molecule has 2 aliphatic heterocycles. The first-order valence-corrected chi connectivity index (χ1v) is 9.01. The molecule has 0 radical (unpaired) electrons. The van der Waals surface area contributed by atoms with Crippen LogP contribution in [-0.4, -0.2) is 46.0 Å². The first-order valence-electron chi connectivity index (χ1n) is 9.01. The van der Waals surface area contributed by atoms with Gasteiger partial charge in [-0.25, -0.2) is 13.2 Å². The number of nitrogens with zero attached hydrogens (tertiary/aromatic N) is 2. The molecule has 1 fully saturated rings. The molecule has 0 saturated carbocycles. The Balaban J connectivity index is 1.56. The molecule has 1 aromatic carbocycles. The van der Waals surface area contributed by atoms with Crippen molar-refractivity contribution in [2.24, 2.45) is 0 Å². The summed E-state index contributed by atoms with van der Waals surface area (Å²) in [7, 11) is 0. The van der Waals surface area contributed by atoms with E-state index in [1.54, 1.807) is 0 Å². The number of pyridine rings is 1. The number of hydrogen-bond acceptors (Lipinski definition) is 5. The van der Waals surface area contributed by atoms with Crippen molar-refractivity contribution in [1.82, 2.24) is 14.8 Å². The molecule has 2 aliphatic rings. The molecule has 0 unspecified atom stereocenters. The average molecular weight is 409 g/mol. The first kappa shape index (κ1) is 19.5. The molecule has 3 heterocycles. The lowest BCUT2D eigenvalue weighted by Crippen LogP contribution is -2.50. The van der Waals surface area contributed by atoms with Gasteiger partial charge in [0.2, 0.25) is 5.43 Å². The van der Waals surface area contributed by atoms with E-state index in [1.807, 2.05) is 0 Å². The van der Waals surface area contributed by atoms with Crippen LogP contribution in [0, 0.1) is 11.6 Å². The van der Waals surface area contributed by atoms with E-state index in [4.69, 9.17) is 4.74 Å². The number of aromatic hydroxyl groups is 1. The highest BCUT2D eigenvalue weighted by Crippen LogP contribution is 2.29. The number of carbonyl (C=O) groups excluding carboxylic acids is 1. The van der Waals surface area contributed by atoms with Gasteiger partial charge in [0.05, 0.1) is 19.2 Å². The summed E-state index contributed by atoms with van der Waals surface area (Å²) in [5.41, 5.74) is -0.568. The van der Waals surface area contributed by atoms with Crippen LogP contribution >= 0.6 is 0 Å². The van der Waals surface area contributed by atoms with E-state index < -0.39 is 47.7 Å². The number of ether oxygens (including phenoxy) is 1. The molecule has 1 aromatic heterocycles. The first-order chi connectivity index (χ1) is 13.9. The van der Waals surface area contributed by atoms with Crippen LogP contribution in [0.2, 0.25) is 0 Å². The Hall–Kier alpha value is -2.85. The maximum atomic E-state index is 13.7. The molecule has 154 valence electrons. The zero-order valence-corrected chi connectivity index (χ0v) is 15.2. The smallest absolute Gasteiger partial charge is 0.277 e. The number of amides is 1. The highest BCUT2D eigenvalue weighted by molar-refractivity contribution is 5.96. The van der Waals surface area contributed by atoms with Crippen molar-refractivity contribution in [2.75, 3.05) is 13.3 Å². The van der Waals surface area contributed by atoms with E-state index in [9.17, 15) is 27.9 Å². The summed E-state index contributed by atoms with van der Waals surface area (Å²) in [5, 5.41) is 13.2. The second-order valence-electron chi connectivity index (χ2n) is 6.98. The Labute approximate surface area is 163 Å². The lowest BCUT2D eigenvalue weighted by Gasteiger charge is -2.34. The monoisotopic (exact) mass is 409 g/mol. The third kappa shape index (κ3) is 3.38. The number of aromatic nitrogens is 1. The Kier molecular flexibility index (Phi) is 5.05. The van der Waals surface area contributed by atoms with Gasteiger partial charge in [0.15, 0.2) is 17.7 Å². The van der Waals surface area contributed by atoms with Crippen molar-refractivity contribution in [3.8, 4) is 5.75 Å². The van der Waals surface area contributed by atoms with E-state index in [0.29, 0.717) is 0 Å². The molecular weight excluding hydrogens is 391 g/mol. The summed E-state index contributed by atoms with van der Waals surface area (Å²) in [6.07, 6.45) is 0.749. The second-order valence-corrected chi connectivity index (χ2v) is 6.98. The molecule has 0 spiro atoms. The quantitative estimate of drug-likeness (QED) is 0.777. The molecule has 1 saturated heterocycles. The van der Waals surface area contributed by atoms with Gasteiger partial charge in [-0.2, -0.15) is 0 Å². The van der Waals surface area contributed by atoms with Crippen LogP contribution in [0.3, 0.4) is 0 Å². The molecule has 0 bridgehead atoms. The summed E-state index contributed by atoms with van der Waals surface area (Å²) >= 11 is 0. The maximum Gasteiger partial charge on any atom is 0.277 e. The molecule has 4 rings (SSSR count). The lowest BCUT2D eigenvalue weighted by atomic mass is 10.1. The Morgan fingerprint density at radius 2 is 1.97 bits per heavy atom. The van der Waals surface area contributed by atoms with Crippen molar-refractivity contribution < 1.29 is 27.8 Å². The number of halogens is 3. The summed E-state index contributed by atoms with van der Waals surface area (Å²) in [6, 6.07) is 2.44. The standard InChI is InChI=1S/C19H18F3N3O4/c20-4-13-9-29-15-8-24-7-11(17(26)18(27)16(24)19(28)25(13)15)6-23-5-10-1-2-12(21)3-14(10)22/h1-3,7,13,15,23,27H,4-6,8-9H2/t13-,15+/m0/s1. The summed E-state index contributed by atoms with van der Waals surface area (Å²) in [5.74, 6) is -2.78. The van der Waals surface area contributed by atoms with E-state index in [-0.39, 0.29) is 43.1 Å². The molecule has 2 atom stereocenters. The van der Waals surface area contributed by atoms with Gasteiger partial charge in [0, 0.05) is 36.5 Å². The van der Waals surface area contributed by atoms with E-state index in [0.717, 1.165) is 12.1 Å². The van der Waals surface area contributed by atoms with E-state index in [2.05, 4.69) is 5.32 Å². The van der Waals surface area contributed by atoms with Crippen molar-refractivity contribution in [1.29, 1.82) is 0 Å². The summed E-state index contributed by atoms with van der Waals surface area (Å²) in [6.45, 7) is -0.574. The third-order valence-electron chi connectivity index (χ3n) is 5.13. The number of alkyl halides is 1. The van der Waals surface area contributed by atoms with Gasteiger partial charge >= 0.3 is 0 Å². The van der Waals surface area contributed by atoms with Crippen LogP contribution in [0.15, 0.2) is 29.2 Å². The summed E-state index contributed by atoms with van der Waals surface area (Å²) < 4.78 is 46.7. The van der Waals surface area contributed by atoms with Crippen LogP contribution in [0.25, 0.3) is 0 Å². The van der Waals surface area contributed by atoms with E-state index >= 15 is 0 Å². The van der Waals surface area contributed by atoms with Crippen molar-refractivity contribution in [3.05, 3.63) is 63.1 Å². The van der Waals surface area contributed by atoms with Crippen LogP contribution in [-0.2, 0) is 24.4 Å². The van der Waals surface area contributed by atoms with Crippen LogP contribution in [0.5, 0.6) is 5.75 Å². The van der Waals surface area contributed by atoms with Gasteiger partial charge in [-0.05, 0) is 6.07 Å². The number of rotatable bonds is 5. The van der Waals surface area contributed by atoms with E-state index in [1.165, 1.54) is 21.7 Å². The predicted octanol–water partition coefficient (Wildman–Crippen LogP) is 1.27. The van der Waals surface area contributed by atoms with Crippen molar-refractivity contribution >= 4 is 5.91 Å². The molecule has 2 aromatic rings. The zero-order valence-electron chi connectivity index (χ0n) is 15.2. The fraction of sp³-hybridized carbons (Fsp3) is 0.368. The maximum absolute atomic E-state index is 13.7. The van der Waals surface area contributed by atoms with Crippen LogP contribution in [0.4, 0.5) is 13.2 Å². The second kappa shape index (κ2) is 7.53. The molecule has 1 amide bonds. The highest BCUT2D eigenvalue weighted by Gasteiger charge is 2.44. The van der Waals surface area contributed by atoms with Gasteiger partial charge in [-0.3, -0.25) is 9.59 Å². The minimum atomic E-state index is -0.783. The number of fused-ring (bicyclic) bond motifs is 2. The number of carbonyl (C=O) groups is 1. The van der Waals surface area contributed by atoms with Crippen molar-refractivity contribution in [3.63, 3.8) is 0 Å².